The van der Waals surface area contributed by atoms with E-state index in [0.717, 1.165) is 102 Å². The highest BCUT2D eigenvalue weighted by molar-refractivity contribution is 7.92. The van der Waals surface area contributed by atoms with Crippen LogP contribution in [0.4, 0.5) is 39.3 Å². The van der Waals surface area contributed by atoms with Crippen LogP contribution in [-0.2, 0) is 21.4 Å². The fraction of sp³-hybridized carbons (Fsp3) is 0.465. The lowest BCUT2D eigenvalue weighted by Gasteiger charge is -2.40. The van der Waals surface area contributed by atoms with Crippen LogP contribution in [0.15, 0.2) is 79.0 Å². The molecule has 59 heavy (non-hydrogen) atoms. The molecule has 4 aromatic rings. The highest BCUT2D eigenvalue weighted by atomic mass is 35.5. The number of ether oxygens (including phenoxy) is 2. The third-order valence-corrected chi connectivity index (χ3v) is 13.2. The Kier molecular flexibility index (Phi) is 14.0. The van der Waals surface area contributed by atoms with Gasteiger partial charge in [0.25, 0.3) is 0 Å². The highest BCUT2D eigenvalue weighted by Crippen LogP contribution is 2.35. The number of piperidine rings is 2. The largest absolute Gasteiger partial charge is 0.494 e. The van der Waals surface area contributed by atoms with Crippen LogP contribution in [0.5, 0.6) is 5.75 Å². The molecule has 1 amide bonds. The quantitative estimate of drug-likeness (QED) is 0.137. The molecule has 3 saturated heterocycles. The number of halogens is 1. The Bertz CT molecular complexity index is 2130. The summed E-state index contributed by atoms with van der Waals surface area (Å²) in [5.41, 5.74) is 3.80. The van der Waals surface area contributed by atoms with Crippen LogP contribution >= 0.6 is 11.6 Å². The average Bonchev–Trinajstić information content (AvgIpc) is 3.25. The van der Waals surface area contributed by atoms with Crippen molar-refractivity contribution in [1.29, 1.82) is 0 Å². The molecule has 4 heterocycles. The predicted octanol–water partition coefficient (Wildman–Crippen LogP) is 6.90. The van der Waals surface area contributed by atoms with Gasteiger partial charge in [-0.25, -0.2) is 18.2 Å². The minimum absolute atomic E-state index is 0.197. The first kappa shape index (κ1) is 42.3. The second-order valence-corrected chi connectivity index (χ2v) is 18.2. The Balaban J connectivity index is 0.841. The van der Waals surface area contributed by atoms with Crippen molar-refractivity contribution in [3.05, 3.63) is 89.6 Å². The van der Waals surface area contributed by atoms with Crippen molar-refractivity contribution in [2.75, 3.05) is 106 Å². The third kappa shape index (κ3) is 11.3. The number of hydrogen-bond donors (Lipinski definition) is 2. The molecule has 0 unspecified atom stereocenters. The summed E-state index contributed by atoms with van der Waals surface area (Å²) in [6, 6.07) is 23.0. The van der Waals surface area contributed by atoms with E-state index in [1.807, 2.05) is 47.4 Å². The first-order valence-electron chi connectivity index (χ1n) is 20.4. The smallest absolute Gasteiger partial charge is 0.410 e. The Labute approximate surface area is 353 Å². The number of likely N-dealkylation sites (tertiary alicyclic amines) is 2. The van der Waals surface area contributed by atoms with E-state index in [4.69, 9.17) is 21.1 Å². The maximum absolute atomic E-state index is 12.6. The van der Waals surface area contributed by atoms with Gasteiger partial charge in [0.05, 0.1) is 36.6 Å². The van der Waals surface area contributed by atoms with Crippen LogP contribution in [-0.4, -0.2) is 125 Å². The highest BCUT2D eigenvalue weighted by Gasteiger charge is 2.29. The van der Waals surface area contributed by atoms with Gasteiger partial charge in [-0.05, 0) is 80.4 Å². The molecule has 0 saturated carbocycles. The van der Waals surface area contributed by atoms with E-state index >= 15 is 0 Å². The number of carbonyl (C=O) groups excluding carboxylic acids is 1. The summed E-state index contributed by atoms with van der Waals surface area (Å²) in [6.45, 7) is 10.4. The number of piperazine rings is 1. The summed E-state index contributed by atoms with van der Waals surface area (Å²) >= 11 is 6.48. The molecule has 3 aliphatic heterocycles. The molecular formula is C43H56ClN9O5S. The topological polar surface area (TPSA) is 136 Å². The zero-order valence-corrected chi connectivity index (χ0v) is 35.8. The molecule has 2 N–H and O–H groups in total. The number of nitrogens with one attached hydrogen (secondary N) is 2. The standard InChI is InChI=1S/C43H56ClN9O5S/c1-49(59(3,55)56)39-12-8-7-11-37(39)46-41-36(44)28-45-42(48-41)47-38-14-13-35(27-40(38)57-2)52-25-23-51(24-26-52)30-32-15-19-50(20-16-32)29-33-17-21-53(22-18-33)43(54)58-31-34-9-5-4-6-10-34/h4-14,27-28,32-33H,15-26,29-31H2,1-3H3,(H2,45,46,47,48). The van der Waals surface area contributed by atoms with Gasteiger partial charge in [-0.3, -0.25) is 9.21 Å². The Hall–Kier alpha value is -4.83. The van der Waals surface area contributed by atoms with E-state index < -0.39 is 10.0 Å². The molecular weight excluding hydrogens is 790 g/mol. The first-order chi connectivity index (χ1) is 28.5. The van der Waals surface area contributed by atoms with Crippen molar-refractivity contribution < 1.29 is 22.7 Å². The Morgan fingerprint density at radius 3 is 2.15 bits per heavy atom. The minimum Gasteiger partial charge on any atom is -0.494 e. The average molecular weight is 846 g/mol. The van der Waals surface area contributed by atoms with Crippen LogP contribution in [0.3, 0.4) is 0 Å². The molecule has 3 aromatic carbocycles. The Morgan fingerprint density at radius 2 is 1.47 bits per heavy atom. The SMILES string of the molecule is COc1cc(N2CCN(CC3CCN(CC4CCN(C(=O)OCc5ccccc5)CC4)CC3)CC2)ccc1Nc1ncc(Cl)c(Nc2ccccc2N(C)S(C)(=O)=O)n1. The number of rotatable bonds is 14. The van der Waals surface area contributed by atoms with E-state index in [1.54, 1.807) is 31.4 Å². The van der Waals surface area contributed by atoms with E-state index in [2.05, 4.69) is 41.4 Å². The third-order valence-electron chi connectivity index (χ3n) is 11.7. The number of aromatic nitrogens is 2. The van der Waals surface area contributed by atoms with Crippen LogP contribution in [0.25, 0.3) is 0 Å². The summed E-state index contributed by atoms with van der Waals surface area (Å²) in [7, 11) is -0.346. The number of para-hydroxylation sites is 2. The normalized spacial score (nSPS) is 17.4. The van der Waals surface area contributed by atoms with Crippen molar-refractivity contribution in [1.82, 2.24) is 24.7 Å². The summed E-state index contributed by atoms with van der Waals surface area (Å²) in [6.07, 6.45) is 7.00. The zero-order chi connectivity index (χ0) is 41.4. The van der Waals surface area contributed by atoms with E-state index in [1.165, 1.54) is 30.4 Å². The molecule has 316 valence electrons. The second-order valence-electron chi connectivity index (χ2n) is 15.8. The molecule has 7 rings (SSSR count). The van der Waals surface area contributed by atoms with Gasteiger partial charge < -0.3 is 34.8 Å². The monoisotopic (exact) mass is 845 g/mol. The van der Waals surface area contributed by atoms with Crippen molar-refractivity contribution in [2.45, 2.75) is 32.3 Å². The zero-order valence-electron chi connectivity index (χ0n) is 34.2. The lowest BCUT2D eigenvalue weighted by Crippen LogP contribution is -2.49. The maximum Gasteiger partial charge on any atom is 0.410 e. The summed E-state index contributed by atoms with van der Waals surface area (Å²) in [4.78, 5) is 31.1. The molecule has 3 aliphatic rings. The van der Waals surface area contributed by atoms with Crippen LogP contribution < -0.4 is 24.6 Å². The first-order valence-corrected chi connectivity index (χ1v) is 22.7. The predicted molar refractivity (Wildman–Crippen MR) is 235 cm³/mol. The number of sulfonamides is 1. The van der Waals surface area contributed by atoms with Gasteiger partial charge >= 0.3 is 6.09 Å². The molecule has 0 atom stereocenters. The second kappa shape index (κ2) is 19.5. The minimum atomic E-state index is -3.49. The van der Waals surface area contributed by atoms with Crippen molar-refractivity contribution in [3.63, 3.8) is 0 Å². The molecule has 14 nitrogen and oxygen atoms in total. The van der Waals surface area contributed by atoms with Crippen LogP contribution in [0, 0.1) is 11.8 Å². The van der Waals surface area contributed by atoms with Gasteiger partial charge in [-0.1, -0.05) is 54.1 Å². The lowest BCUT2D eigenvalue weighted by molar-refractivity contribution is 0.0719. The van der Waals surface area contributed by atoms with Gasteiger partial charge in [0.15, 0.2) is 5.82 Å². The number of amides is 1. The fourth-order valence-corrected chi connectivity index (χ4v) is 8.81. The van der Waals surface area contributed by atoms with Crippen LogP contribution in [0.1, 0.15) is 31.2 Å². The number of methoxy groups -OCH3 is 1. The van der Waals surface area contributed by atoms with E-state index in [-0.39, 0.29) is 11.1 Å². The van der Waals surface area contributed by atoms with Gasteiger partial charge in [0, 0.05) is 71.2 Å². The summed E-state index contributed by atoms with van der Waals surface area (Å²) in [5, 5.41) is 6.71. The molecule has 16 heteroatoms. The van der Waals surface area contributed by atoms with Crippen molar-refractivity contribution in [2.24, 2.45) is 11.8 Å². The summed E-state index contributed by atoms with van der Waals surface area (Å²) < 4.78 is 37.1. The van der Waals surface area contributed by atoms with E-state index in [9.17, 15) is 13.2 Å². The molecule has 0 spiro atoms. The Morgan fingerprint density at radius 1 is 0.831 bits per heavy atom. The fourth-order valence-electron chi connectivity index (χ4n) is 8.15. The lowest BCUT2D eigenvalue weighted by atomic mass is 9.92. The van der Waals surface area contributed by atoms with Gasteiger partial charge in [-0.15, -0.1) is 0 Å². The molecule has 0 radical (unpaired) electrons. The van der Waals surface area contributed by atoms with Crippen molar-refractivity contribution in [3.8, 4) is 5.75 Å². The van der Waals surface area contributed by atoms with Gasteiger partial charge in [0.2, 0.25) is 16.0 Å². The van der Waals surface area contributed by atoms with Gasteiger partial charge in [-0.2, -0.15) is 4.98 Å². The maximum atomic E-state index is 12.6. The number of anilines is 6. The number of nitrogens with zero attached hydrogens (tertiary/aromatic N) is 7. The molecule has 0 aliphatic carbocycles. The summed E-state index contributed by atoms with van der Waals surface area (Å²) in [5.74, 6) is 2.65. The molecule has 1 aromatic heterocycles. The van der Waals surface area contributed by atoms with Crippen molar-refractivity contribution >= 4 is 62.2 Å². The van der Waals surface area contributed by atoms with Gasteiger partial charge in [0.1, 0.15) is 17.4 Å². The number of benzene rings is 3. The molecule has 0 bridgehead atoms. The van der Waals surface area contributed by atoms with Crippen LogP contribution in [0.2, 0.25) is 5.02 Å². The number of carbonyl (C=O) groups is 1. The van der Waals surface area contributed by atoms with E-state index in [0.29, 0.717) is 47.1 Å². The number of hydrogen-bond acceptors (Lipinski definition) is 12. The molecule has 3 fully saturated rings.